The van der Waals surface area contributed by atoms with Crippen molar-refractivity contribution in [3.63, 3.8) is 0 Å². The van der Waals surface area contributed by atoms with Crippen molar-refractivity contribution < 1.29 is 22.8 Å². The summed E-state index contributed by atoms with van der Waals surface area (Å²) in [6.45, 7) is 0.979. The molecule has 1 saturated heterocycles. The van der Waals surface area contributed by atoms with Gasteiger partial charge in [0.2, 0.25) is 17.6 Å². The summed E-state index contributed by atoms with van der Waals surface area (Å²) in [7, 11) is 0. The third kappa shape index (κ3) is 4.80. The molecule has 3 rings (SSSR count). The Balaban J connectivity index is 1.57. The fraction of sp³-hybridized carbons (Fsp3) is 0.438. The zero-order chi connectivity index (χ0) is 19.4. The fourth-order valence-electron chi connectivity index (χ4n) is 2.70. The van der Waals surface area contributed by atoms with Crippen molar-refractivity contribution in [1.29, 1.82) is 0 Å². The Morgan fingerprint density at radius 3 is 2.63 bits per heavy atom. The van der Waals surface area contributed by atoms with Crippen LogP contribution in [0.1, 0.15) is 18.4 Å². The number of carbonyl (C=O) groups excluding carboxylic acids is 2. The molecule has 0 radical (unpaired) electrons. The largest absolute Gasteiger partial charge is 0.416 e. The summed E-state index contributed by atoms with van der Waals surface area (Å²) < 4.78 is 38.3. The highest BCUT2D eigenvalue weighted by Crippen LogP contribution is 2.31. The van der Waals surface area contributed by atoms with Crippen LogP contribution in [-0.4, -0.2) is 56.6 Å². The van der Waals surface area contributed by atoms with Gasteiger partial charge in [0.25, 0.3) is 0 Å². The van der Waals surface area contributed by atoms with Gasteiger partial charge in [-0.05, 0) is 30.2 Å². The van der Waals surface area contributed by atoms with Gasteiger partial charge in [-0.2, -0.15) is 18.0 Å². The number of benzene rings is 1. The van der Waals surface area contributed by atoms with E-state index in [9.17, 15) is 22.8 Å². The first kappa shape index (κ1) is 18.8. The van der Waals surface area contributed by atoms with Crippen molar-refractivity contribution in [2.24, 2.45) is 0 Å². The van der Waals surface area contributed by atoms with E-state index in [0.29, 0.717) is 13.1 Å². The van der Waals surface area contributed by atoms with Gasteiger partial charge in [0.1, 0.15) is 6.54 Å². The number of likely N-dealkylation sites (tertiary alicyclic amines) is 1. The van der Waals surface area contributed by atoms with Gasteiger partial charge in [-0.3, -0.25) is 9.59 Å². The molecule has 1 fully saturated rings. The maximum absolute atomic E-state index is 12.8. The number of nitrogens with one attached hydrogen (secondary N) is 1. The highest BCUT2D eigenvalue weighted by molar-refractivity contribution is 5.84. The van der Waals surface area contributed by atoms with E-state index in [0.717, 1.165) is 29.8 Å². The lowest BCUT2D eigenvalue weighted by atomic mass is 10.1. The molecule has 0 saturated carbocycles. The van der Waals surface area contributed by atoms with Crippen molar-refractivity contribution in [2.75, 3.05) is 19.6 Å². The van der Waals surface area contributed by atoms with Gasteiger partial charge in [-0.1, -0.05) is 12.1 Å². The Labute approximate surface area is 152 Å². The van der Waals surface area contributed by atoms with Crippen LogP contribution in [0.3, 0.4) is 0 Å². The van der Waals surface area contributed by atoms with Crippen LogP contribution in [-0.2, 0) is 22.3 Å². The van der Waals surface area contributed by atoms with E-state index in [1.807, 2.05) is 0 Å². The Morgan fingerprint density at radius 2 is 1.93 bits per heavy atom. The molecular formula is C16H17F3N6O2. The Morgan fingerprint density at radius 1 is 1.19 bits per heavy atom. The highest BCUT2D eigenvalue weighted by atomic mass is 19.4. The molecule has 0 spiro atoms. The quantitative estimate of drug-likeness (QED) is 0.836. The number of carbonyl (C=O) groups is 2. The molecule has 2 aromatic rings. The van der Waals surface area contributed by atoms with Crippen LogP contribution < -0.4 is 5.32 Å². The standard InChI is InChI=1S/C16H17F3N6O2/c17-16(18,19)12-5-3-4-11(8-12)15-21-23-25(22-15)10-13(26)20-9-14(27)24-6-1-2-7-24/h3-5,8H,1-2,6-7,9-10H2,(H,20,26). The van der Waals surface area contributed by atoms with Gasteiger partial charge in [-0.25, -0.2) is 0 Å². The van der Waals surface area contributed by atoms with Gasteiger partial charge in [0, 0.05) is 18.7 Å². The monoisotopic (exact) mass is 382 g/mol. The van der Waals surface area contributed by atoms with E-state index < -0.39 is 17.6 Å². The molecule has 144 valence electrons. The number of aromatic nitrogens is 4. The smallest absolute Gasteiger partial charge is 0.345 e. The molecule has 8 nitrogen and oxygen atoms in total. The van der Waals surface area contributed by atoms with E-state index >= 15 is 0 Å². The van der Waals surface area contributed by atoms with E-state index in [-0.39, 0.29) is 30.4 Å². The Hall–Kier alpha value is -2.98. The van der Waals surface area contributed by atoms with E-state index in [1.165, 1.54) is 12.1 Å². The SMILES string of the molecule is O=C(Cn1nnc(-c2cccc(C(F)(F)F)c2)n1)NCC(=O)N1CCCC1. The summed E-state index contributed by atoms with van der Waals surface area (Å²) in [5.74, 6) is -0.672. The summed E-state index contributed by atoms with van der Waals surface area (Å²) >= 11 is 0. The molecule has 1 aromatic carbocycles. The average molecular weight is 382 g/mol. The number of halogens is 3. The maximum atomic E-state index is 12.8. The molecule has 27 heavy (non-hydrogen) atoms. The van der Waals surface area contributed by atoms with Crippen LogP contribution in [0.2, 0.25) is 0 Å². The number of alkyl halides is 3. The number of tetrazole rings is 1. The first-order valence-corrected chi connectivity index (χ1v) is 8.33. The second-order valence-corrected chi connectivity index (χ2v) is 6.09. The first-order valence-electron chi connectivity index (χ1n) is 8.33. The van der Waals surface area contributed by atoms with Crippen molar-refractivity contribution >= 4 is 11.8 Å². The molecule has 1 N–H and O–H groups in total. The third-order valence-corrected chi connectivity index (χ3v) is 4.08. The fourth-order valence-corrected chi connectivity index (χ4v) is 2.70. The summed E-state index contributed by atoms with van der Waals surface area (Å²) in [6.07, 6.45) is -2.56. The molecule has 0 unspecified atom stereocenters. The van der Waals surface area contributed by atoms with Gasteiger partial charge in [0.05, 0.1) is 12.1 Å². The second kappa shape index (κ2) is 7.72. The number of nitrogens with zero attached hydrogens (tertiary/aromatic N) is 5. The minimum Gasteiger partial charge on any atom is -0.345 e. The predicted octanol–water partition coefficient (Wildman–Crippen LogP) is 1.10. The lowest BCUT2D eigenvalue weighted by Gasteiger charge is -2.15. The van der Waals surface area contributed by atoms with Crippen LogP contribution >= 0.6 is 0 Å². The normalized spacial score (nSPS) is 14.4. The van der Waals surface area contributed by atoms with Crippen molar-refractivity contribution in [2.45, 2.75) is 25.6 Å². The second-order valence-electron chi connectivity index (χ2n) is 6.09. The number of hydrogen-bond acceptors (Lipinski definition) is 5. The minimum absolute atomic E-state index is 0.0259. The van der Waals surface area contributed by atoms with Crippen molar-refractivity contribution in [3.05, 3.63) is 29.8 Å². The van der Waals surface area contributed by atoms with Gasteiger partial charge in [0.15, 0.2) is 0 Å². The zero-order valence-electron chi connectivity index (χ0n) is 14.2. The van der Waals surface area contributed by atoms with Crippen molar-refractivity contribution in [1.82, 2.24) is 30.4 Å². The molecule has 2 heterocycles. The molecule has 1 aliphatic rings. The van der Waals surface area contributed by atoms with Crippen LogP contribution in [0.15, 0.2) is 24.3 Å². The topological polar surface area (TPSA) is 93.0 Å². The van der Waals surface area contributed by atoms with Crippen LogP contribution in [0.25, 0.3) is 11.4 Å². The minimum atomic E-state index is -4.48. The Kier molecular flexibility index (Phi) is 5.38. The Bertz CT molecular complexity index is 830. The highest BCUT2D eigenvalue weighted by Gasteiger charge is 2.30. The molecule has 1 aliphatic heterocycles. The number of amides is 2. The zero-order valence-corrected chi connectivity index (χ0v) is 14.2. The first-order chi connectivity index (χ1) is 12.8. The van der Waals surface area contributed by atoms with E-state index in [2.05, 4.69) is 20.7 Å². The van der Waals surface area contributed by atoms with Crippen LogP contribution in [0, 0.1) is 0 Å². The van der Waals surface area contributed by atoms with Gasteiger partial charge < -0.3 is 10.2 Å². The molecule has 2 amide bonds. The third-order valence-electron chi connectivity index (χ3n) is 4.08. The number of hydrogen-bond donors (Lipinski definition) is 1. The molecule has 0 bridgehead atoms. The molecule has 11 heteroatoms. The molecule has 0 aliphatic carbocycles. The maximum Gasteiger partial charge on any atom is 0.416 e. The number of rotatable bonds is 5. The van der Waals surface area contributed by atoms with Gasteiger partial charge >= 0.3 is 6.18 Å². The summed E-state index contributed by atoms with van der Waals surface area (Å²) in [4.78, 5) is 26.4. The lowest BCUT2D eigenvalue weighted by molar-refractivity contribution is -0.137. The lowest BCUT2D eigenvalue weighted by Crippen LogP contribution is -2.40. The molecular weight excluding hydrogens is 365 g/mol. The van der Waals surface area contributed by atoms with Crippen LogP contribution in [0.4, 0.5) is 13.2 Å². The van der Waals surface area contributed by atoms with E-state index in [4.69, 9.17) is 0 Å². The van der Waals surface area contributed by atoms with Gasteiger partial charge in [-0.15, -0.1) is 10.2 Å². The summed E-state index contributed by atoms with van der Waals surface area (Å²) in [5, 5.41) is 13.7. The predicted molar refractivity (Wildman–Crippen MR) is 87.1 cm³/mol. The molecule has 1 aromatic heterocycles. The molecule has 0 atom stereocenters. The van der Waals surface area contributed by atoms with Crippen molar-refractivity contribution in [3.8, 4) is 11.4 Å². The summed E-state index contributed by atoms with van der Waals surface area (Å²) in [6, 6.07) is 4.52. The summed E-state index contributed by atoms with van der Waals surface area (Å²) in [5.41, 5.74) is -0.685. The van der Waals surface area contributed by atoms with Crippen LogP contribution in [0.5, 0.6) is 0 Å². The average Bonchev–Trinajstić information content (AvgIpc) is 3.31. The van der Waals surface area contributed by atoms with E-state index in [1.54, 1.807) is 4.90 Å².